The highest BCUT2D eigenvalue weighted by atomic mass is 127. The summed E-state index contributed by atoms with van der Waals surface area (Å²) in [4.78, 5) is 8.24. The van der Waals surface area contributed by atoms with Crippen molar-refractivity contribution in [3.05, 3.63) is 58.9 Å². The summed E-state index contributed by atoms with van der Waals surface area (Å²) < 4.78 is 5.21. The van der Waals surface area contributed by atoms with E-state index in [1.165, 1.54) is 0 Å². The molecule has 23 heavy (non-hydrogen) atoms. The number of benzene rings is 1. The van der Waals surface area contributed by atoms with E-state index in [0.29, 0.717) is 18.2 Å². The summed E-state index contributed by atoms with van der Waals surface area (Å²) >= 11 is 5.77. The minimum absolute atomic E-state index is 0. The van der Waals surface area contributed by atoms with Crippen LogP contribution in [0.15, 0.2) is 47.6 Å². The average Bonchev–Trinajstić information content (AvgIpc) is 2.57. The van der Waals surface area contributed by atoms with Gasteiger partial charge in [-0.2, -0.15) is 0 Å². The summed E-state index contributed by atoms with van der Waals surface area (Å²) in [5.74, 6) is 1.56. The third-order valence-electron chi connectivity index (χ3n) is 3.07. The predicted octanol–water partition coefficient (Wildman–Crippen LogP) is 3.23. The topological polar surface area (TPSA) is 58.5 Å². The van der Waals surface area contributed by atoms with E-state index in [0.717, 1.165) is 22.8 Å². The van der Waals surface area contributed by atoms with Crippen LogP contribution in [0.25, 0.3) is 0 Å². The lowest BCUT2D eigenvalue weighted by Crippen LogP contribution is -2.36. The number of hydrogen-bond donors (Lipinski definition) is 2. The normalized spacial score (nSPS) is 10.7. The number of aromatic nitrogens is 1. The van der Waals surface area contributed by atoms with Gasteiger partial charge in [0.05, 0.1) is 7.11 Å². The van der Waals surface area contributed by atoms with Crippen molar-refractivity contribution in [2.45, 2.75) is 13.1 Å². The molecule has 0 spiro atoms. The van der Waals surface area contributed by atoms with Gasteiger partial charge in [0.1, 0.15) is 10.9 Å². The number of halogens is 2. The van der Waals surface area contributed by atoms with E-state index in [1.54, 1.807) is 26.4 Å². The van der Waals surface area contributed by atoms with Crippen LogP contribution in [0.2, 0.25) is 5.15 Å². The lowest BCUT2D eigenvalue weighted by atomic mass is 10.2. The molecule has 2 rings (SSSR count). The summed E-state index contributed by atoms with van der Waals surface area (Å²) in [5.41, 5.74) is 2.16. The predicted molar refractivity (Wildman–Crippen MR) is 105 cm³/mol. The first kappa shape index (κ1) is 19.5. The molecule has 0 bridgehead atoms. The molecular formula is C16H20ClIN4O. The lowest BCUT2D eigenvalue weighted by molar-refractivity contribution is 0.414. The fourth-order valence-electron chi connectivity index (χ4n) is 1.89. The molecule has 1 heterocycles. The van der Waals surface area contributed by atoms with Crippen LogP contribution in [0.5, 0.6) is 5.75 Å². The molecule has 0 unspecified atom stereocenters. The SMILES string of the molecule is CN=C(NCc1ccc(Cl)nc1)NCc1cccc(OC)c1.I. The van der Waals surface area contributed by atoms with E-state index in [2.05, 4.69) is 20.6 Å². The summed E-state index contributed by atoms with van der Waals surface area (Å²) in [6.07, 6.45) is 1.74. The lowest BCUT2D eigenvalue weighted by Gasteiger charge is -2.12. The van der Waals surface area contributed by atoms with Crippen molar-refractivity contribution in [3.8, 4) is 5.75 Å². The number of methoxy groups -OCH3 is 1. The van der Waals surface area contributed by atoms with Crippen molar-refractivity contribution in [1.29, 1.82) is 0 Å². The second-order valence-electron chi connectivity index (χ2n) is 4.62. The summed E-state index contributed by atoms with van der Waals surface area (Å²) in [6.45, 7) is 1.29. The molecule has 0 amide bonds. The first-order chi connectivity index (χ1) is 10.7. The Labute approximate surface area is 158 Å². The van der Waals surface area contributed by atoms with Gasteiger partial charge in [0, 0.05) is 26.3 Å². The van der Waals surface area contributed by atoms with E-state index >= 15 is 0 Å². The Balaban J connectivity index is 0.00000264. The molecule has 0 saturated carbocycles. The molecule has 0 aliphatic rings. The number of rotatable bonds is 5. The van der Waals surface area contributed by atoms with Crippen LogP contribution in [0.4, 0.5) is 0 Å². The van der Waals surface area contributed by atoms with Crippen LogP contribution in [0.1, 0.15) is 11.1 Å². The molecule has 0 radical (unpaired) electrons. The quantitative estimate of drug-likeness (QED) is 0.320. The second-order valence-corrected chi connectivity index (χ2v) is 5.01. The van der Waals surface area contributed by atoms with E-state index in [1.807, 2.05) is 30.3 Å². The Morgan fingerprint density at radius 2 is 1.91 bits per heavy atom. The van der Waals surface area contributed by atoms with E-state index in [4.69, 9.17) is 16.3 Å². The third kappa shape index (κ3) is 6.62. The van der Waals surface area contributed by atoms with Crippen LogP contribution in [0.3, 0.4) is 0 Å². The molecule has 0 atom stereocenters. The molecule has 0 saturated heterocycles. The van der Waals surface area contributed by atoms with Gasteiger partial charge < -0.3 is 15.4 Å². The second kappa shape index (κ2) is 10.3. The molecule has 0 aliphatic heterocycles. The van der Waals surface area contributed by atoms with Crippen LogP contribution >= 0.6 is 35.6 Å². The van der Waals surface area contributed by atoms with Gasteiger partial charge in [-0.05, 0) is 29.3 Å². The number of nitrogens with one attached hydrogen (secondary N) is 2. The zero-order valence-corrected chi connectivity index (χ0v) is 16.1. The summed E-state index contributed by atoms with van der Waals surface area (Å²) in [6, 6.07) is 11.6. The fraction of sp³-hybridized carbons (Fsp3) is 0.250. The molecule has 0 aliphatic carbocycles. The highest BCUT2D eigenvalue weighted by Gasteiger charge is 2.01. The Morgan fingerprint density at radius 3 is 2.52 bits per heavy atom. The molecule has 7 heteroatoms. The number of ether oxygens (including phenoxy) is 1. The van der Waals surface area contributed by atoms with E-state index in [9.17, 15) is 0 Å². The maximum atomic E-state index is 5.77. The smallest absolute Gasteiger partial charge is 0.191 e. The number of pyridine rings is 1. The van der Waals surface area contributed by atoms with Crippen molar-refractivity contribution < 1.29 is 4.74 Å². The molecule has 2 N–H and O–H groups in total. The number of hydrogen-bond acceptors (Lipinski definition) is 3. The summed E-state index contributed by atoms with van der Waals surface area (Å²) in [7, 11) is 3.40. The van der Waals surface area contributed by atoms with Crippen LogP contribution in [-0.2, 0) is 13.1 Å². The Kier molecular flexibility index (Phi) is 8.71. The highest BCUT2D eigenvalue weighted by molar-refractivity contribution is 14.0. The zero-order valence-electron chi connectivity index (χ0n) is 13.0. The largest absolute Gasteiger partial charge is 0.497 e. The molecule has 1 aromatic heterocycles. The monoisotopic (exact) mass is 446 g/mol. The van der Waals surface area contributed by atoms with E-state index in [-0.39, 0.29) is 24.0 Å². The number of aliphatic imine (C=N–C) groups is 1. The molecular weight excluding hydrogens is 427 g/mol. The van der Waals surface area contributed by atoms with Gasteiger partial charge in [-0.15, -0.1) is 24.0 Å². The Hall–Kier alpha value is -1.54. The van der Waals surface area contributed by atoms with Crippen molar-refractivity contribution in [3.63, 3.8) is 0 Å². The maximum absolute atomic E-state index is 5.77. The molecule has 2 aromatic rings. The fourth-order valence-corrected chi connectivity index (χ4v) is 2.00. The van der Waals surface area contributed by atoms with Crippen molar-refractivity contribution in [2.75, 3.05) is 14.2 Å². The number of nitrogens with zero attached hydrogens (tertiary/aromatic N) is 2. The molecule has 5 nitrogen and oxygen atoms in total. The minimum Gasteiger partial charge on any atom is -0.497 e. The van der Waals surface area contributed by atoms with E-state index < -0.39 is 0 Å². The van der Waals surface area contributed by atoms with Gasteiger partial charge in [-0.25, -0.2) is 4.98 Å². The third-order valence-corrected chi connectivity index (χ3v) is 3.29. The molecule has 0 fully saturated rings. The zero-order chi connectivity index (χ0) is 15.8. The first-order valence-corrected chi connectivity index (χ1v) is 7.27. The van der Waals surface area contributed by atoms with Crippen molar-refractivity contribution in [1.82, 2.24) is 15.6 Å². The summed E-state index contributed by atoms with van der Waals surface area (Å²) in [5, 5.41) is 6.97. The maximum Gasteiger partial charge on any atom is 0.191 e. The van der Waals surface area contributed by atoms with Crippen LogP contribution in [0, 0.1) is 0 Å². The van der Waals surface area contributed by atoms with Gasteiger partial charge in [-0.1, -0.05) is 29.8 Å². The first-order valence-electron chi connectivity index (χ1n) is 6.89. The van der Waals surface area contributed by atoms with Crippen LogP contribution in [-0.4, -0.2) is 25.1 Å². The standard InChI is InChI=1S/C16H19ClN4O.HI/c1-18-16(21-11-13-6-7-15(17)19-10-13)20-9-12-4-3-5-14(8-12)22-2;/h3-8,10H,9,11H2,1-2H3,(H2,18,20,21);1H. The van der Waals surface area contributed by atoms with Crippen molar-refractivity contribution >= 4 is 41.5 Å². The van der Waals surface area contributed by atoms with Gasteiger partial charge in [0.25, 0.3) is 0 Å². The minimum atomic E-state index is 0. The highest BCUT2D eigenvalue weighted by Crippen LogP contribution is 2.12. The van der Waals surface area contributed by atoms with Gasteiger partial charge in [0.2, 0.25) is 0 Å². The Bertz CT molecular complexity index is 634. The van der Waals surface area contributed by atoms with Crippen LogP contribution < -0.4 is 15.4 Å². The number of guanidine groups is 1. The Morgan fingerprint density at radius 1 is 1.17 bits per heavy atom. The van der Waals surface area contributed by atoms with Gasteiger partial charge in [-0.3, -0.25) is 4.99 Å². The molecule has 124 valence electrons. The average molecular weight is 447 g/mol. The van der Waals surface area contributed by atoms with Crippen molar-refractivity contribution in [2.24, 2.45) is 4.99 Å². The molecule has 1 aromatic carbocycles. The van der Waals surface area contributed by atoms with Gasteiger partial charge >= 0.3 is 0 Å². The van der Waals surface area contributed by atoms with Gasteiger partial charge in [0.15, 0.2) is 5.96 Å².